The van der Waals surface area contributed by atoms with E-state index in [2.05, 4.69) is 267 Å². The van der Waals surface area contributed by atoms with Gasteiger partial charge in [0.25, 0.3) is 0 Å². The Labute approximate surface area is 523 Å². The van der Waals surface area contributed by atoms with E-state index in [1.807, 2.05) is 0 Å². The lowest BCUT2D eigenvalue weighted by Crippen LogP contribution is -2.26. The van der Waals surface area contributed by atoms with Gasteiger partial charge in [-0.1, -0.05) is 208 Å². The van der Waals surface area contributed by atoms with Gasteiger partial charge in [0.1, 0.15) is 0 Å². The van der Waals surface area contributed by atoms with Gasteiger partial charge in [-0.2, -0.15) is 0 Å². The van der Waals surface area contributed by atoms with Crippen molar-refractivity contribution in [3.8, 4) is 11.8 Å². The number of carboxylic acid groups (broad SMARTS) is 1. The third-order valence-corrected chi connectivity index (χ3v) is 17.5. The summed E-state index contributed by atoms with van der Waals surface area (Å²) < 4.78 is 0. The molecular formula is C81H93N5O2. The second kappa shape index (κ2) is 25.7. The monoisotopic (exact) mass is 1170 g/mol. The van der Waals surface area contributed by atoms with Crippen LogP contribution in [-0.2, 0) is 34.5 Å². The maximum atomic E-state index is 11.9. The molecule has 88 heavy (non-hydrogen) atoms. The predicted octanol–water partition coefficient (Wildman–Crippen LogP) is 17.2. The number of aromatic nitrogens is 4. The van der Waals surface area contributed by atoms with Crippen molar-refractivity contribution in [2.75, 3.05) is 4.90 Å². The van der Waals surface area contributed by atoms with Crippen LogP contribution in [-0.4, -0.2) is 31.0 Å². The van der Waals surface area contributed by atoms with E-state index in [0.29, 0.717) is 5.56 Å². The molecule has 10 rings (SSSR count). The number of fused-ring (bicyclic) bond motifs is 8. The van der Waals surface area contributed by atoms with E-state index >= 15 is 0 Å². The van der Waals surface area contributed by atoms with Crippen LogP contribution in [0, 0.1) is 11.8 Å². The first kappa shape index (κ1) is 62.6. The lowest BCUT2D eigenvalue weighted by Gasteiger charge is -2.28. The Morgan fingerprint density at radius 2 is 0.807 bits per heavy atom. The average molecular weight is 1170 g/mol. The molecule has 1 aliphatic heterocycles. The van der Waals surface area contributed by atoms with Gasteiger partial charge >= 0.3 is 5.97 Å². The molecule has 9 aromatic rings. The van der Waals surface area contributed by atoms with Gasteiger partial charge in [-0.3, -0.25) is 0 Å². The van der Waals surface area contributed by atoms with Crippen molar-refractivity contribution in [3.63, 3.8) is 0 Å². The number of carbonyl (C=O) groups is 1. The highest BCUT2D eigenvalue weighted by Crippen LogP contribution is 2.39. The van der Waals surface area contributed by atoms with Gasteiger partial charge < -0.3 is 29.9 Å². The molecule has 0 unspecified atom stereocenters. The lowest BCUT2D eigenvalue weighted by molar-refractivity contribution is 0.0696. The van der Waals surface area contributed by atoms with E-state index in [9.17, 15) is 9.90 Å². The summed E-state index contributed by atoms with van der Waals surface area (Å²) in [6, 6.07) is 57.5. The molecule has 5 aromatic carbocycles. The van der Waals surface area contributed by atoms with Crippen molar-refractivity contribution in [2.24, 2.45) is 0 Å². The van der Waals surface area contributed by atoms with Crippen molar-refractivity contribution < 1.29 is 9.90 Å². The zero-order chi connectivity index (χ0) is 62.7. The van der Waals surface area contributed by atoms with Crippen molar-refractivity contribution in [2.45, 2.75) is 183 Å². The average Bonchev–Trinajstić information content (AvgIpc) is 1.63. The third kappa shape index (κ3) is 14.2. The zero-order valence-corrected chi connectivity index (χ0v) is 54.9. The van der Waals surface area contributed by atoms with Gasteiger partial charge in [-0.05, 0) is 189 Å². The number of nitrogens with one attached hydrogen (secondary N) is 4. The topological polar surface area (TPSA) is 104 Å². The Hall–Kier alpha value is -8.47. The normalized spacial score (nSPS) is 15.5. The van der Waals surface area contributed by atoms with Gasteiger partial charge in [-0.25, -0.2) is 4.79 Å². The van der Waals surface area contributed by atoms with Gasteiger partial charge in [0, 0.05) is 50.2 Å². The van der Waals surface area contributed by atoms with E-state index in [-0.39, 0.29) is 27.2 Å². The molecule has 0 amide bonds. The summed E-state index contributed by atoms with van der Waals surface area (Å²) in [5.41, 5.74) is 20.0. The highest BCUT2D eigenvalue weighted by Gasteiger charge is 2.27. The number of aryl methyl sites for hydroxylation is 2. The molecule has 5 N–H and O–H groups in total. The molecule has 454 valence electrons. The molecule has 0 fully saturated rings. The Morgan fingerprint density at radius 3 is 1.24 bits per heavy atom. The molecule has 7 heteroatoms. The Balaban J connectivity index is 1.33. The lowest BCUT2D eigenvalue weighted by atomic mass is 9.78. The van der Waals surface area contributed by atoms with Gasteiger partial charge in [-0.15, -0.1) is 0 Å². The molecular weight excluding hydrogens is 1070 g/mol. The number of benzene rings is 5. The molecule has 0 saturated carbocycles. The van der Waals surface area contributed by atoms with Crippen LogP contribution in [0.3, 0.4) is 0 Å². The van der Waals surface area contributed by atoms with Gasteiger partial charge in [0.05, 0.1) is 38.9 Å². The van der Waals surface area contributed by atoms with Crippen molar-refractivity contribution in [1.82, 2.24) is 19.9 Å². The van der Waals surface area contributed by atoms with Gasteiger partial charge in [0.15, 0.2) is 0 Å². The maximum absolute atomic E-state index is 11.9. The Bertz CT molecular complexity index is 4160. The molecule has 0 aliphatic carbocycles. The summed E-state index contributed by atoms with van der Waals surface area (Å²) in [6.07, 6.45) is 11.9. The molecule has 7 nitrogen and oxygen atoms in total. The minimum atomic E-state index is -0.973. The number of carboxylic acids is 1. The second-order valence-electron chi connectivity index (χ2n) is 28.6. The molecule has 0 saturated heterocycles. The number of aromatic amines is 4. The quantitative estimate of drug-likeness (QED) is 0.0492. The second-order valence-corrected chi connectivity index (χ2v) is 28.6. The fourth-order valence-electron chi connectivity index (χ4n) is 12.0. The van der Waals surface area contributed by atoms with Crippen LogP contribution in [0.25, 0.3) is 22.4 Å². The molecule has 8 bridgehead atoms. The number of aromatic carboxylic acids is 1. The number of H-pyrrole nitrogens is 4. The number of rotatable bonds is 16. The Morgan fingerprint density at radius 1 is 0.409 bits per heavy atom. The van der Waals surface area contributed by atoms with Crippen LogP contribution >= 0.6 is 0 Å². The summed E-state index contributed by atoms with van der Waals surface area (Å²) in [7, 11) is 0. The standard InChI is InChI=1S/C81H93N5O2/c1-15-17-19-21-23-53-27-34-63(35-28-53)86(64-36-29-54(30-37-64)24-22-20-18-16-2)76-72-45-43-70(84-72)74(57-47-59(78(3,4)5)51-60(48-57)79(6,7)8)68-41-39-66(82-68)65(38-31-55-25-32-56(33-26-55)77(87)88)67-40-42-69(83-67)75(71-44-46-73(76)85-71)58-49-61(80(9,10)11)52-62(50-58)81(12,13)14/h25-30,32-37,39-52,82-85H,15-24H2,1-14H3,(H,87,88)/b66-65-,67-65?,74-68-,74-70?,75-69?,75-71-,76-72?,76-73+. The predicted molar refractivity (Wildman–Crippen MR) is 369 cm³/mol. The van der Waals surface area contributed by atoms with E-state index in [4.69, 9.17) is 0 Å². The van der Waals surface area contributed by atoms with Crippen LogP contribution < -0.4 is 26.3 Å². The van der Waals surface area contributed by atoms with Gasteiger partial charge in [0.2, 0.25) is 0 Å². The van der Waals surface area contributed by atoms with E-state index < -0.39 is 5.97 Å². The maximum Gasteiger partial charge on any atom is 0.335 e. The summed E-state index contributed by atoms with van der Waals surface area (Å²) >= 11 is 0. The highest BCUT2D eigenvalue weighted by molar-refractivity contribution is 5.90. The fraction of sp³-hybridized carbons (Fsp3) is 0.346. The van der Waals surface area contributed by atoms with Crippen LogP contribution in [0.4, 0.5) is 11.4 Å². The summed E-state index contributed by atoms with van der Waals surface area (Å²) in [4.78, 5) is 30.6. The summed E-state index contributed by atoms with van der Waals surface area (Å²) in [6.45, 7) is 32.1. The van der Waals surface area contributed by atoms with E-state index in [1.54, 1.807) is 24.3 Å². The molecule has 0 atom stereocenters. The van der Waals surface area contributed by atoms with Crippen LogP contribution in [0.5, 0.6) is 0 Å². The molecule has 4 aromatic heterocycles. The molecule has 0 spiro atoms. The van der Waals surface area contributed by atoms with E-state index in [0.717, 1.165) is 102 Å². The number of hydrogen-bond donors (Lipinski definition) is 5. The minimum Gasteiger partial charge on any atom is -0.478 e. The number of nitrogens with zero attached hydrogens (tertiary/aromatic N) is 1. The smallest absolute Gasteiger partial charge is 0.335 e. The molecule has 5 heterocycles. The first-order valence-electron chi connectivity index (χ1n) is 32.3. The van der Waals surface area contributed by atoms with E-state index in [1.165, 1.54) is 84.7 Å². The number of anilines is 2. The van der Waals surface area contributed by atoms with Crippen LogP contribution in [0.1, 0.15) is 232 Å². The summed E-state index contributed by atoms with van der Waals surface area (Å²) in [5.74, 6) is 6.07. The molecule has 0 radical (unpaired) electrons. The zero-order valence-electron chi connectivity index (χ0n) is 54.9. The van der Waals surface area contributed by atoms with Crippen molar-refractivity contribution in [1.29, 1.82) is 0 Å². The number of unbranched alkanes of at least 4 members (excludes halogenated alkanes) is 6. The van der Waals surface area contributed by atoms with Crippen molar-refractivity contribution >= 4 is 39.8 Å². The SMILES string of the molecule is CCCCCCc1ccc(N(/C2=c3\cc/c([nH]3)=C(\c3cc(C(C)(C)C)cc(C(C)(C)C)c3)c3ccc([nH]3)/C(C#Cc3ccc(C(=O)O)cc3)=c3/cc/c([nH]3)=C(\c3cc(C(C)(C)C)cc(C(C)(C)C)c3)c3ccc2[nH]3)c2ccc(CCCCCC)cc2)cc1. The fourth-order valence-corrected chi connectivity index (χ4v) is 12.0. The van der Waals surface area contributed by atoms with Crippen molar-refractivity contribution in [3.05, 3.63) is 258 Å². The largest absolute Gasteiger partial charge is 0.478 e. The highest BCUT2D eigenvalue weighted by atomic mass is 16.4. The Kier molecular flexibility index (Phi) is 18.3. The number of hydrogen-bond acceptors (Lipinski definition) is 2. The molecule has 1 aliphatic rings. The first-order chi connectivity index (χ1) is 41.9. The van der Waals surface area contributed by atoms with Crippen LogP contribution in [0.2, 0.25) is 0 Å². The minimum absolute atomic E-state index is 0.137. The third-order valence-electron chi connectivity index (χ3n) is 17.5. The first-order valence-corrected chi connectivity index (χ1v) is 32.3. The van der Waals surface area contributed by atoms with Crippen LogP contribution in [0.15, 0.2) is 158 Å². The summed E-state index contributed by atoms with van der Waals surface area (Å²) in [5, 5.41) is 13.5.